The van der Waals surface area contributed by atoms with Gasteiger partial charge in [-0.15, -0.1) is 12.4 Å². The Balaban J connectivity index is 0.00000225. The summed E-state index contributed by atoms with van der Waals surface area (Å²) in [6, 6.07) is 2.68. The lowest BCUT2D eigenvalue weighted by Gasteiger charge is -2.42. The average Bonchev–Trinajstić information content (AvgIpc) is 2.55. The summed E-state index contributed by atoms with van der Waals surface area (Å²) < 4.78 is 10.8. The highest BCUT2D eigenvalue weighted by molar-refractivity contribution is 5.99. The van der Waals surface area contributed by atoms with Crippen LogP contribution in [-0.4, -0.2) is 48.1 Å². The van der Waals surface area contributed by atoms with Crippen molar-refractivity contribution in [2.45, 2.75) is 26.3 Å². The van der Waals surface area contributed by atoms with Gasteiger partial charge >= 0.3 is 0 Å². The fourth-order valence-electron chi connectivity index (χ4n) is 3.12. The highest BCUT2D eigenvalue weighted by Gasteiger charge is 2.37. The second-order valence-electron chi connectivity index (χ2n) is 6.88. The summed E-state index contributed by atoms with van der Waals surface area (Å²) >= 11 is 0. The average molecular weight is 372 g/mol. The molecule has 0 spiro atoms. The van der Waals surface area contributed by atoms with Gasteiger partial charge in [-0.05, 0) is 11.8 Å². The van der Waals surface area contributed by atoms with E-state index in [1.165, 1.54) is 12.1 Å². The number of nitrogens with two attached hydrogens (primary N) is 1. The van der Waals surface area contributed by atoms with Crippen LogP contribution in [0.2, 0.25) is 0 Å². The van der Waals surface area contributed by atoms with Crippen LogP contribution in [0.25, 0.3) is 0 Å². The molecule has 25 heavy (non-hydrogen) atoms. The molecule has 1 atom stereocenters. The predicted octanol–water partition coefficient (Wildman–Crippen LogP) is 1.99. The van der Waals surface area contributed by atoms with E-state index >= 15 is 0 Å². The standard InChI is InChI=1S/C16H21N3O5.ClH/c1-16(2)9-18(4-3-14(16)17)15(20)10-7-12-13(24-6-5-23-12)8-11(10)19(21)22;/h7-8,14H,3-6,9,17H2,1-2H3;1H. The molecule has 0 aliphatic carbocycles. The normalized spacial score (nSPS) is 21.2. The van der Waals surface area contributed by atoms with Crippen LogP contribution in [0, 0.1) is 15.5 Å². The highest BCUT2D eigenvalue weighted by atomic mass is 35.5. The number of halogens is 1. The summed E-state index contributed by atoms with van der Waals surface area (Å²) in [6.45, 7) is 5.61. The zero-order valence-corrected chi connectivity index (χ0v) is 15.0. The molecule has 2 aliphatic rings. The Kier molecular flexibility index (Phi) is 5.43. The molecule has 3 rings (SSSR count). The molecule has 1 aromatic carbocycles. The summed E-state index contributed by atoms with van der Waals surface area (Å²) in [7, 11) is 0. The Hall–Kier alpha value is -2.06. The number of nitro groups is 1. The molecule has 0 aromatic heterocycles. The van der Waals surface area contributed by atoms with Crippen LogP contribution in [0.1, 0.15) is 30.6 Å². The molecule has 1 fully saturated rings. The van der Waals surface area contributed by atoms with Crippen LogP contribution in [-0.2, 0) is 0 Å². The molecule has 138 valence electrons. The van der Waals surface area contributed by atoms with Crippen LogP contribution in [0.4, 0.5) is 5.69 Å². The molecule has 2 aliphatic heterocycles. The second-order valence-corrected chi connectivity index (χ2v) is 6.88. The first kappa shape index (κ1) is 19.3. The van der Waals surface area contributed by atoms with E-state index in [9.17, 15) is 14.9 Å². The molecule has 2 heterocycles. The van der Waals surface area contributed by atoms with Gasteiger partial charge < -0.3 is 20.1 Å². The van der Waals surface area contributed by atoms with E-state index in [0.29, 0.717) is 44.2 Å². The Morgan fingerprint density at radius 1 is 1.32 bits per heavy atom. The third-order valence-electron chi connectivity index (χ3n) is 4.69. The first-order valence-corrected chi connectivity index (χ1v) is 7.92. The zero-order chi connectivity index (χ0) is 17.5. The van der Waals surface area contributed by atoms with Crippen molar-refractivity contribution in [3.63, 3.8) is 0 Å². The number of carbonyl (C=O) groups is 1. The third-order valence-corrected chi connectivity index (χ3v) is 4.69. The fraction of sp³-hybridized carbons (Fsp3) is 0.562. The molecule has 2 N–H and O–H groups in total. The van der Waals surface area contributed by atoms with Gasteiger partial charge in [0.15, 0.2) is 11.5 Å². The first-order chi connectivity index (χ1) is 11.3. The molecule has 1 amide bonds. The largest absolute Gasteiger partial charge is 0.486 e. The van der Waals surface area contributed by atoms with E-state index in [0.717, 1.165) is 0 Å². The van der Waals surface area contributed by atoms with Crippen molar-refractivity contribution >= 4 is 24.0 Å². The van der Waals surface area contributed by atoms with Gasteiger partial charge in [0.1, 0.15) is 18.8 Å². The van der Waals surface area contributed by atoms with Crippen LogP contribution in [0.5, 0.6) is 11.5 Å². The van der Waals surface area contributed by atoms with Gasteiger partial charge in [-0.25, -0.2) is 0 Å². The summed E-state index contributed by atoms with van der Waals surface area (Å²) in [4.78, 5) is 25.3. The van der Waals surface area contributed by atoms with Crippen LogP contribution >= 0.6 is 12.4 Å². The maximum Gasteiger partial charge on any atom is 0.286 e. The Morgan fingerprint density at radius 3 is 2.48 bits per heavy atom. The van der Waals surface area contributed by atoms with Crippen molar-refractivity contribution in [3.8, 4) is 11.5 Å². The molecule has 9 heteroatoms. The summed E-state index contributed by atoms with van der Waals surface area (Å²) in [6.07, 6.45) is 0.664. The lowest BCUT2D eigenvalue weighted by atomic mass is 9.79. The number of likely N-dealkylation sites (tertiary alicyclic amines) is 1. The zero-order valence-electron chi connectivity index (χ0n) is 14.2. The Morgan fingerprint density at radius 2 is 1.92 bits per heavy atom. The quantitative estimate of drug-likeness (QED) is 0.629. The number of benzene rings is 1. The van der Waals surface area contributed by atoms with Crippen molar-refractivity contribution in [2.75, 3.05) is 26.3 Å². The molecule has 0 bridgehead atoms. The maximum atomic E-state index is 12.9. The van der Waals surface area contributed by atoms with Crippen molar-refractivity contribution < 1.29 is 19.2 Å². The molecule has 0 saturated carbocycles. The summed E-state index contributed by atoms with van der Waals surface area (Å²) in [5.41, 5.74) is 5.62. The number of rotatable bonds is 2. The van der Waals surface area contributed by atoms with Crippen molar-refractivity contribution in [3.05, 3.63) is 27.8 Å². The summed E-state index contributed by atoms with van der Waals surface area (Å²) in [5, 5.41) is 11.4. The Labute approximate surface area is 151 Å². The highest BCUT2D eigenvalue weighted by Crippen LogP contribution is 2.38. The number of nitro benzene ring substituents is 1. The van der Waals surface area contributed by atoms with E-state index in [4.69, 9.17) is 15.2 Å². The number of carbonyl (C=O) groups excluding carboxylic acids is 1. The maximum absolute atomic E-state index is 12.9. The summed E-state index contributed by atoms with van der Waals surface area (Å²) in [5.74, 6) is 0.285. The van der Waals surface area contributed by atoms with Gasteiger partial charge in [-0.1, -0.05) is 13.8 Å². The number of fused-ring (bicyclic) bond motifs is 1. The molecule has 1 saturated heterocycles. The number of piperidine rings is 1. The minimum Gasteiger partial charge on any atom is -0.486 e. The SMILES string of the molecule is CC1(C)CN(C(=O)c2cc3c(cc2[N+](=O)[O-])OCCO3)CCC1N.Cl. The monoisotopic (exact) mass is 371 g/mol. The third kappa shape index (κ3) is 3.64. The smallest absolute Gasteiger partial charge is 0.286 e. The van der Waals surface area contributed by atoms with Crippen molar-refractivity contribution in [2.24, 2.45) is 11.1 Å². The van der Waals surface area contributed by atoms with Gasteiger partial charge in [0.25, 0.3) is 11.6 Å². The van der Waals surface area contributed by atoms with E-state index < -0.39 is 4.92 Å². The van der Waals surface area contributed by atoms with Crippen molar-refractivity contribution in [1.29, 1.82) is 0 Å². The minimum absolute atomic E-state index is 0. The van der Waals surface area contributed by atoms with Crippen LogP contribution in [0.3, 0.4) is 0 Å². The minimum atomic E-state index is -0.563. The fourth-order valence-corrected chi connectivity index (χ4v) is 3.12. The van der Waals surface area contributed by atoms with Crippen LogP contribution < -0.4 is 15.2 Å². The molecule has 1 unspecified atom stereocenters. The lowest BCUT2D eigenvalue weighted by Crippen LogP contribution is -2.54. The van der Waals surface area contributed by atoms with Gasteiger partial charge in [-0.3, -0.25) is 14.9 Å². The number of ether oxygens (including phenoxy) is 2. The van der Waals surface area contributed by atoms with Gasteiger partial charge in [0.2, 0.25) is 0 Å². The first-order valence-electron chi connectivity index (χ1n) is 7.92. The van der Waals surface area contributed by atoms with E-state index in [-0.39, 0.29) is 41.0 Å². The number of hydrogen-bond donors (Lipinski definition) is 1. The topological polar surface area (TPSA) is 108 Å². The second kappa shape index (κ2) is 7.05. The van der Waals surface area contributed by atoms with Crippen molar-refractivity contribution in [1.82, 2.24) is 4.90 Å². The molecule has 0 radical (unpaired) electrons. The Bertz CT molecular complexity index is 695. The van der Waals surface area contributed by atoms with Gasteiger partial charge in [-0.2, -0.15) is 0 Å². The van der Waals surface area contributed by atoms with E-state index in [1.54, 1.807) is 4.90 Å². The number of hydrogen-bond acceptors (Lipinski definition) is 6. The molecular formula is C16H22ClN3O5. The number of nitrogens with zero attached hydrogens (tertiary/aromatic N) is 2. The van der Waals surface area contributed by atoms with Gasteiger partial charge in [0.05, 0.1) is 11.0 Å². The molecular weight excluding hydrogens is 350 g/mol. The van der Waals surface area contributed by atoms with Gasteiger partial charge in [0, 0.05) is 25.2 Å². The van der Waals surface area contributed by atoms with E-state index in [1.807, 2.05) is 13.8 Å². The predicted molar refractivity (Wildman–Crippen MR) is 93.6 cm³/mol. The van der Waals surface area contributed by atoms with E-state index in [2.05, 4.69) is 0 Å². The van der Waals surface area contributed by atoms with Crippen LogP contribution in [0.15, 0.2) is 12.1 Å². The number of amides is 1. The lowest BCUT2D eigenvalue weighted by molar-refractivity contribution is -0.385. The molecule has 1 aromatic rings. The molecule has 8 nitrogen and oxygen atoms in total.